The predicted molar refractivity (Wildman–Crippen MR) is 67.5 cm³/mol. The van der Waals surface area contributed by atoms with Gasteiger partial charge in [-0.15, -0.1) is 0 Å². The van der Waals surface area contributed by atoms with Gasteiger partial charge in [0, 0.05) is 6.54 Å². The molecule has 0 unspecified atom stereocenters. The van der Waals surface area contributed by atoms with E-state index in [-0.39, 0.29) is 12.2 Å². The summed E-state index contributed by atoms with van der Waals surface area (Å²) in [4.78, 5) is 13.2. The predicted octanol–water partition coefficient (Wildman–Crippen LogP) is 2.22. The lowest BCUT2D eigenvalue weighted by molar-refractivity contribution is -0.119. The molecule has 0 heterocycles. The van der Waals surface area contributed by atoms with Crippen LogP contribution in [0.25, 0.3) is 0 Å². The number of benzene rings is 1. The summed E-state index contributed by atoms with van der Waals surface area (Å²) in [6.07, 6.45) is -0.00271. The Labute approximate surface area is 103 Å². The van der Waals surface area contributed by atoms with E-state index in [1.165, 1.54) is 16.7 Å². The van der Waals surface area contributed by atoms with Crippen LogP contribution in [0.2, 0.25) is 0 Å². The second-order valence-corrected chi connectivity index (χ2v) is 4.46. The summed E-state index contributed by atoms with van der Waals surface area (Å²) in [5.41, 5.74) is 3.73. The zero-order valence-electron chi connectivity index (χ0n) is 10.7. The van der Waals surface area contributed by atoms with Crippen molar-refractivity contribution in [2.24, 2.45) is 0 Å². The molecular formula is C14H18N2O. The molecule has 0 aliphatic carbocycles. The van der Waals surface area contributed by atoms with Crippen molar-refractivity contribution in [3.05, 3.63) is 34.9 Å². The Kier molecular flexibility index (Phi) is 4.86. The van der Waals surface area contributed by atoms with Crippen LogP contribution in [0.3, 0.4) is 0 Å². The molecule has 1 rings (SSSR count). The molecule has 90 valence electrons. The van der Waals surface area contributed by atoms with E-state index in [1.54, 1.807) is 0 Å². The van der Waals surface area contributed by atoms with Gasteiger partial charge in [0.25, 0.3) is 0 Å². The highest BCUT2D eigenvalue weighted by atomic mass is 16.1. The summed E-state index contributed by atoms with van der Waals surface area (Å²) in [7, 11) is 1.89. The van der Waals surface area contributed by atoms with Gasteiger partial charge in [-0.2, -0.15) is 5.26 Å². The molecule has 17 heavy (non-hydrogen) atoms. The highest BCUT2D eigenvalue weighted by molar-refractivity contribution is 5.82. The Morgan fingerprint density at radius 1 is 1.35 bits per heavy atom. The van der Waals surface area contributed by atoms with E-state index in [2.05, 4.69) is 32.0 Å². The normalized spacial score (nSPS) is 10.3. The van der Waals surface area contributed by atoms with Crippen molar-refractivity contribution in [1.29, 1.82) is 5.26 Å². The average Bonchev–Trinajstić information content (AvgIpc) is 2.23. The van der Waals surface area contributed by atoms with Gasteiger partial charge in [-0.3, -0.25) is 9.69 Å². The topological polar surface area (TPSA) is 44.1 Å². The number of nitrogens with zero attached hydrogens (tertiary/aromatic N) is 2. The molecule has 0 spiro atoms. The van der Waals surface area contributed by atoms with Gasteiger partial charge in [-0.1, -0.05) is 18.2 Å². The van der Waals surface area contributed by atoms with E-state index in [0.717, 1.165) is 6.54 Å². The molecule has 1 aromatic rings. The van der Waals surface area contributed by atoms with Gasteiger partial charge in [-0.05, 0) is 37.6 Å². The molecule has 0 aromatic heterocycles. The number of likely N-dealkylation sites (N-methyl/N-ethyl adjacent to an activating group) is 1. The molecular weight excluding hydrogens is 212 g/mol. The van der Waals surface area contributed by atoms with Crippen molar-refractivity contribution in [3.8, 4) is 6.07 Å². The first-order valence-corrected chi connectivity index (χ1v) is 5.66. The molecule has 0 saturated carbocycles. The van der Waals surface area contributed by atoms with Crippen LogP contribution in [-0.2, 0) is 11.3 Å². The van der Waals surface area contributed by atoms with Gasteiger partial charge >= 0.3 is 0 Å². The van der Waals surface area contributed by atoms with Crippen LogP contribution in [0, 0.1) is 25.2 Å². The third-order valence-electron chi connectivity index (χ3n) is 2.75. The molecule has 0 aliphatic heterocycles. The molecule has 3 heteroatoms. The molecule has 0 amide bonds. The third kappa shape index (κ3) is 4.38. The Balaban J connectivity index is 2.56. The summed E-state index contributed by atoms with van der Waals surface area (Å²) < 4.78 is 0. The van der Waals surface area contributed by atoms with Gasteiger partial charge in [0.05, 0.1) is 19.0 Å². The first-order valence-electron chi connectivity index (χ1n) is 5.66. The van der Waals surface area contributed by atoms with E-state index in [0.29, 0.717) is 6.54 Å². The molecule has 0 atom stereocenters. The summed E-state index contributed by atoms with van der Waals surface area (Å²) in [6.45, 7) is 5.23. The number of nitriles is 1. The highest BCUT2D eigenvalue weighted by Crippen LogP contribution is 2.11. The first-order chi connectivity index (χ1) is 8.02. The summed E-state index contributed by atoms with van der Waals surface area (Å²) in [5, 5.41) is 8.42. The first kappa shape index (κ1) is 13.4. The number of ketones is 1. The van der Waals surface area contributed by atoms with Crippen molar-refractivity contribution in [2.75, 3.05) is 13.6 Å². The van der Waals surface area contributed by atoms with Crippen molar-refractivity contribution < 1.29 is 4.79 Å². The highest BCUT2D eigenvalue weighted by Gasteiger charge is 2.07. The number of rotatable bonds is 5. The summed E-state index contributed by atoms with van der Waals surface area (Å²) in [5.74, 6) is -0.0289. The SMILES string of the molecule is Cc1ccc(CN(C)CC(=O)CC#N)cc1C. The minimum atomic E-state index is -0.0289. The second-order valence-electron chi connectivity index (χ2n) is 4.46. The van der Waals surface area contributed by atoms with Gasteiger partial charge in [0.2, 0.25) is 0 Å². The minimum Gasteiger partial charge on any atom is -0.297 e. The van der Waals surface area contributed by atoms with Gasteiger partial charge in [0.1, 0.15) is 0 Å². The van der Waals surface area contributed by atoms with Crippen molar-refractivity contribution in [1.82, 2.24) is 4.90 Å². The van der Waals surface area contributed by atoms with E-state index in [9.17, 15) is 4.79 Å². The molecule has 0 fully saturated rings. The third-order valence-corrected chi connectivity index (χ3v) is 2.75. The van der Waals surface area contributed by atoms with E-state index in [1.807, 2.05) is 18.0 Å². The van der Waals surface area contributed by atoms with E-state index >= 15 is 0 Å². The maximum Gasteiger partial charge on any atom is 0.160 e. The Morgan fingerprint density at radius 3 is 2.65 bits per heavy atom. The second kappa shape index (κ2) is 6.17. The average molecular weight is 230 g/mol. The molecule has 0 aliphatic rings. The lowest BCUT2D eigenvalue weighted by atomic mass is 10.1. The maximum atomic E-state index is 11.3. The monoisotopic (exact) mass is 230 g/mol. The van der Waals surface area contributed by atoms with Crippen LogP contribution < -0.4 is 0 Å². The molecule has 0 saturated heterocycles. The fraction of sp³-hybridized carbons (Fsp3) is 0.429. The van der Waals surface area contributed by atoms with Crippen LogP contribution in [-0.4, -0.2) is 24.3 Å². The number of hydrogen-bond donors (Lipinski definition) is 0. The number of Topliss-reactive ketones (excluding diaryl/α,β-unsaturated/α-hetero) is 1. The number of carbonyl (C=O) groups is 1. The van der Waals surface area contributed by atoms with Gasteiger partial charge in [-0.25, -0.2) is 0 Å². The smallest absolute Gasteiger partial charge is 0.160 e. The number of aryl methyl sites for hydroxylation is 2. The zero-order valence-corrected chi connectivity index (χ0v) is 10.7. The van der Waals surface area contributed by atoms with Crippen LogP contribution >= 0.6 is 0 Å². The minimum absolute atomic E-state index is 0.00271. The van der Waals surface area contributed by atoms with Crippen LogP contribution in [0.1, 0.15) is 23.1 Å². The van der Waals surface area contributed by atoms with Crippen molar-refractivity contribution >= 4 is 5.78 Å². The van der Waals surface area contributed by atoms with Gasteiger partial charge in [0.15, 0.2) is 5.78 Å². The van der Waals surface area contributed by atoms with Gasteiger partial charge < -0.3 is 0 Å². The standard InChI is InChI=1S/C14H18N2O/c1-11-4-5-13(8-12(11)2)9-16(3)10-14(17)6-7-15/h4-5,8H,6,9-10H2,1-3H3. The lowest BCUT2D eigenvalue weighted by Crippen LogP contribution is -2.25. The number of carbonyl (C=O) groups excluding carboxylic acids is 1. The molecule has 0 bridgehead atoms. The molecule has 0 N–H and O–H groups in total. The van der Waals surface area contributed by atoms with E-state index in [4.69, 9.17) is 5.26 Å². The largest absolute Gasteiger partial charge is 0.297 e. The van der Waals surface area contributed by atoms with Crippen molar-refractivity contribution in [3.63, 3.8) is 0 Å². The quantitative estimate of drug-likeness (QED) is 0.779. The zero-order chi connectivity index (χ0) is 12.8. The summed E-state index contributed by atoms with van der Waals surface area (Å²) >= 11 is 0. The fourth-order valence-electron chi connectivity index (χ4n) is 1.71. The molecule has 3 nitrogen and oxygen atoms in total. The van der Waals surface area contributed by atoms with Crippen LogP contribution in [0.5, 0.6) is 0 Å². The summed E-state index contributed by atoms with van der Waals surface area (Å²) in [6, 6.07) is 8.19. The van der Waals surface area contributed by atoms with Crippen LogP contribution in [0.4, 0.5) is 0 Å². The Hall–Kier alpha value is -1.66. The van der Waals surface area contributed by atoms with Crippen molar-refractivity contribution in [2.45, 2.75) is 26.8 Å². The Bertz CT molecular complexity index is 446. The fourth-order valence-corrected chi connectivity index (χ4v) is 1.71. The molecule has 1 aromatic carbocycles. The van der Waals surface area contributed by atoms with Crippen LogP contribution in [0.15, 0.2) is 18.2 Å². The lowest BCUT2D eigenvalue weighted by Gasteiger charge is -2.15. The Morgan fingerprint density at radius 2 is 2.06 bits per heavy atom. The maximum absolute atomic E-state index is 11.3. The van der Waals surface area contributed by atoms with E-state index < -0.39 is 0 Å². The number of hydrogen-bond acceptors (Lipinski definition) is 3. The molecule has 0 radical (unpaired) electrons.